The summed E-state index contributed by atoms with van der Waals surface area (Å²) in [4.78, 5) is 8.30. The van der Waals surface area contributed by atoms with Gasteiger partial charge in [-0.05, 0) is 45.7 Å². The summed E-state index contributed by atoms with van der Waals surface area (Å²) >= 11 is 0. The Morgan fingerprint density at radius 1 is 1.25 bits per heavy atom. The quantitative estimate of drug-likeness (QED) is 0.897. The molecule has 0 radical (unpaired) electrons. The molecule has 1 aromatic heterocycles. The monoisotopic (exact) mass is 269 g/mol. The molecule has 1 aliphatic heterocycles. The number of aromatic nitrogens is 2. The predicted octanol–water partition coefficient (Wildman–Crippen LogP) is 3.30. The zero-order valence-electron chi connectivity index (χ0n) is 12.6. The molecular weight excluding hydrogens is 246 g/mol. The summed E-state index contributed by atoms with van der Waals surface area (Å²) in [5, 5.41) is 3.53. The van der Waals surface area contributed by atoms with Gasteiger partial charge in [0.1, 0.15) is 5.82 Å². The zero-order chi connectivity index (χ0) is 14.1. The summed E-state index contributed by atoms with van der Waals surface area (Å²) in [5.41, 5.74) is 6.12. The molecule has 1 saturated heterocycles. The maximum atomic E-state index is 4.84. The van der Waals surface area contributed by atoms with E-state index in [0.29, 0.717) is 6.04 Å². The first-order valence-electron chi connectivity index (χ1n) is 7.50. The molecule has 0 bridgehead atoms. The third-order valence-electron chi connectivity index (χ3n) is 4.17. The number of nitrogens with zero attached hydrogens (tertiary/aromatic N) is 1. The molecule has 1 aromatic carbocycles. The number of nitrogens with one attached hydrogen (secondary N) is 2. The van der Waals surface area contributed by atoms with Crippen molar-refractivity contribution in [1.29, 1.82) is 0 Å². The van der Waals surface area contributed by atoms with Gasteiger partial charge in [-0.2, -0.15) is 0 Å². The molecule has 1 atom stereocenters. The Morgan fingerprint density at radius 2 is 2.10 bits per heavy atom. The Bertz CT molecular complexity index is 607. The van der Waals surface area contributed by atoms with E-state index in [0.717, 1.165) is 24.5 Å². The van der Waals surface area contributed by atoms with Crippen LogP contribution in [0, 0.1) is 20.8 Å². The van der Waals surface area contributed by atoms with Crippen molar-refractivity contribution >= 4 is 0 Å². The molecule has 106 valence electrons. The third kappa shape index (κ3) is 2.63. The normalized spacial score (nSPS) is 18.6. The summed E-state index contributed by atoms with van der Waals surface area (Å²) in [5.74, 6) is 1.11. The van der Waals surface area contributed by atoms with E-state index >= 15 is 0 Å². The Balaban J connectivity index is 1.88. The number of benzene rings is 1. The average molecular weight is 269 g/mol. The Kier molecular flexibility index (Phi) is 3.62. The zero-order valence-corrected chi connectivity index (χ0v) is 12.6. The lowest BCUT2D eigenvalue weighted by molar-refractivity contribution is 0.588. The number of hydrogen-bond donors (Lipinski definition) is 2. The van der Waals surface area contributed by atoms with Crippen LogP contribution in [0.4, 0.5) is 0 Å². The van der Waals surface area contributed by atoms with Gasteiger partial charge >= 0.3 is 0 Å². The number of H-pyrrole nitrogens is 1. The van der Waals surface area contributed by atoms with E-state index in [4.69, 9.17) is 4.98 Å². The number of hydrogen-bond acceptors (Lipinski definition) is 2. The number of rotatable bonds is 3. The molecule has 20 heavy (non-hydrogen) atoms. The van der Waals surface area contributed by atoms with Crippen LogP contribution < -0.4 is 5.32 Å². The molecule has 2 aromatic rings. The molecule has 2 heterocycles. The van der Waals surface area contributed by atoms with Gasteiger partial charge in [-0.3, -0.25) is 0 Å². The first-order valence-corrected chi connectivity index (χ1v) is 7.50. The fraction of sp³-hybridized carbons (Fsp3) is 0.471. The summed E-state index contributed by atoms with van der Waals surface area (Å²) in [6.45, 7) is 7.56. The summed E-state index contributed by atoms with van der Waals surface area (Å²) in [6.07, 6.45) is 3.55. The van der Waals surface area contributed by atoms with Gasteiger partial charge in [0.05, 0.1) is 5.69 Å². The summed E-state index contributed by atoms with van der Waals surface area (Å²) in [6, 6.07) is 7.16. The van der Waals surface area contributed by atoms with Gasteiger partial charge in [-0.25, -0.2) is 4.98 Å². The Labute approximate surface area is 120 Å². The summed E-state index contributed by atoms with van der Waals surface area (Å²) in [7, 11) is 0. The van der Waals surface area contributed by atoms with Gasteiger partial charge in [-0.1, -0.05) is 23.8 Å². The molecule has 3 nitrogen and oxygen atoms in total. The van der Waals surface area contributed by atoms with Crippen molar-refractivity contribution in [3.63, 3.8) is 0 Å². The van der Waals surface area contributed by atoms with Crippen molar-refractivity contribution in [2.75, 3.05) is 6.54 Å². The second-order valence-electron chi connectivity index (χ2n) is 5.97. The maximum absolute atomic E-state index is 4.84. The van der Waals surface area contributed by atoms with E-state index in [1.807, 2.05) is 0 Å². The van der Waals surface area contributed by atoms with Crippen LogP contribution in [0.15, 0.2) is 18.2 Å². The number of imidazole rings is 1. The van der Waals surface area contributed by atoms with Crippen LogP contribution in [0.2, 0.25) is 0 Å². The molecule has 3 rings (SSSR count). The van der Waals surface area contributed by atoms with Crippen LogP contribution in [0.25, 0.3) is 11.3 Å². The van der Waals surface area contributed by atoms with E-state index in [2.05, 4.69) is 49.3 Å². The van der Waals surface area contributed by atoms with Gasteiger partial charge < -0.3 is 10.3 Å². The fourth-order valence-corrected chi connectivity index (χ4v) is 3.12. The molecule has 0 spiro atoms. The van der Waals surface area contributed by atoms with Gasteiger partial charge in [-0.15, -0.1) is 0 Å². The van der Waals surface area contributed by atoms with E-state index in [1.165, 1.54) is 35.2 Å². The smallest absolute Gasteiger partial charge is 0.108 e. The maximum Gasteiger partial charge on any atom is 0.108 e. The van der Waals surface area contributed by atoms with E-state index < -0.39 is 0 Å². The molecule has 3 heteroatoms. The molecule has 0 aliphatic carbocycles. The number of aromatic amines is 1. The molecule has 1 unspecified atom stereocenters. The minimum absolute atomic E-state index is 0.590. The number of aryl methyl sites for hydroxylation is 3. The molecule has 0 saturated carbocycles. The van der Waals surface area contributed by atoms with Crippen molar-refractivity contribution in [2.45, 2.75) is 46.1 Å². The second kappa shape index (κ2) is 5.41. The van der Waals surface area contributed by atoms with Crippen molar-refractivity contribution in [1.82, 2.24) is 15.3 Å². The van der Waals surface area contributed by atoms with Crippen LogP contribution >= 0.6 is 0 Å². The van der Waals surface area contributed by atoms with Crippen molar-refractivity contribution in [2.24, 2.45) is 0 Å². The molecule has 2 N–H and O–H groups in total. The van der Waals surface area contributed by atoms with Gasteiger partial charge in [0.15, 0.2) is 0 Å². The van der Waals surface area contributed by atoms with Gasteiger partial charge in [0, 0.05) is 23.7 Å². The first kappa shape index (κ1) is 13.4. The van der Waals surface area contributed by atoms with Crippen LogP contribution in [-0.2, 0) is 6.42 Å². The second-order valence-corrected chi connectivity index (χ2v) is 5.97. The lowest BCUT2D eigenvalue weighted by atomic mass is 10.0. The minimum atomic E-state index is 0.590. The topological polar surface area (TPSA) is 40.7 Å². The standard InChI is InChI=1S/C17H23N3/c1-11-6-7-15(12(2)9-11)17-13(3)19-16(20-17)10-14-5-4-8-18-14/h6-7,9,14,18H,4-5,8,10H2,1-3H3,(H,19,20). The highest BCUT2D eigenvalue weighted by molar-refractivity contribution is 5.66. The van der Waals surface area contributed by atoms with Crippen LogP contribution in [0.5, 0.6) is 0 Å². The molecule has 1 aliphatic rings. The van der Waals surface area contributed by atoms with Crippen molar-refractivity contribution < 1.29 is 0 Å². The minimum Gasteiger partial charge on any atom is -0.346 e. The van der Waals surface area contributed by atoms with E-state index in [9.17, 15) is 0 Å². The van der Waals surface area contributed by atoms with Crippen LogP contribution in [0.3, 0.4) is 0 Å². The van der Waals surface area contributed by atoms with Crippen molar-refractivity contribution in [3.8, 4) is 11.3 Å². The Hall–Kier alpha value is -1.61. The fourth-order valence-electron chi connectivity index (χ4n) is 3.12. The van der Waals surface area contributed by atoms with E-state index in [-0.39, 0.29) is 0 Å². The lowest BCUT2D eigenvalue weighted by Gasteiger charge is -2.07. The Morgan fingerprint density at radius 3 is 2.80 bits per heavy atom. The van der Waals surface area contributed by atoms with Crippen LogP contribution in [-0.4, -0.2) is 22.6 Å². The van der Waals surface area contributed by atoms with Gasteiger partial charge in [0.25, 0.3) is 0 Å². The van der Waals surface area contributed by atoms with E-state index in [1.54, 1.807) is 0 Å². The molecular formula is C17H23N3. The highest BCUT2D eigenvalue weighted by Crippen LogP contribution is 2.26. The van der Waals surface area contributed by atoms with Crippen LogP contribution in [0.1, 0.15) is 35.5 Å². The highest BCUT2D eigenvalue weighted by Gasteiger charge is 2.18. The highest BCUT2D eigenvalue weighted by atomic mass is 15.0. The predicted molar refractivity (Wildman–Crippen MR) is 83.0 cm³/mol. The third-order valence-corrected chi connectivity index (χ3v) is 4.17. The largest absolute Gasteiger partial charge is 0.346 e. The summed E-state index contributed by atoms with van der Waals surface area (Å²) < 4.78 is 0. The average Bonchev–Trinajstić information content (AvgIpc) is 3.00. The van der Waals surface area contributed by atoms with Gasteiger partial charge in [0.2, 0.25) is 0 Å². The lowest BCUT2D eigenvalue weighted by Crippen LogP contribution is -2.24. The first-order chi connectivity index (χ1) is 9.63. The van der Waals surface area contributed by atoms with Crippen molar-refractivity contribution in [3.05, 3.63) is 40.8 Å². The SMILES string of the molecule is Cc1ccc(-c2nc(CC3CCCN3)[nH]c2C)c(C)c1. The molecule has 0 amide bonds. The molecule has 1 fully saturated rings.